The van der Waals surface area contributed by atoms with E-state index in [1.807, 2.05) is 25.1 Å². The van der Waals surface area contributed by atoms with Crippen molar-refractivity contribution in [3.63, 3.8) is 0 Å². The number of sulfone groups is 1. The summed E-state index contributed by atoms with van der Waals surface area (Å²) in [5, 5.41) is 4.70. The van der Waals surface area contributed by atoms with Crippen LogP contribution in [0.3, 0.4) is 0 Å². The lowest BCUT2D eigenvalue weighted by Crippen LogP contribution is -2.31. The van der Waals surface area contributed by atoms with Gasteiger partial charge in [0.05, 0.1) is 5.75 Å². The predicted octanol–water partition coefficient (Wildman–Crippen LogP) is 3.73. The third-order valence-electron chi connectivity index (χ3n) is 3.45. The third kappa shape index (κ3) is 6.55. The van der Waals surface area contributed by atoms with Gasteiger partial charge in [0.25, 0.3) is 0 Å². The first-order chi connectivity index (χ1) is 9.89. The second kappa shape index (κ2) is 8.99. The lowest BCUT2D eigenvalue weighted by atomic mass is 10.0. The van der Waals surface area contributed by atoms with E-state index in [2.05, 4.69) is 5.32 Å². The molecule has 0 aliphatic heterocycles. The summed E-state index contributed by atoms with van der Waals surface area (Å²) in [7, 11) is -2.90. The molecule has 3 nitrogen and oxygen atoms in total. The Balaban J connectivity index is 2.66. The Labute approximate surface area is 137 Å². The molecule has 1 unspecified atom stereocenters. The number of rotatable bonds is 9. The minimum atomic E-state index is -2.90. The molecule has 21 heavy (non-hydrogen) atoms. The van der Waals surface area contributed by atoms with Gasteiger partial charge >= 0.3 is 0 Å². The summed E-state index contributed by atoms with van der Waals surface area (Å²) < 4.78 is 23.1. The molecule has 1 aromatic carbocycles. The molecule has 0 bridgehead atoms. The van der Waals surface area contributed by atoms with E-state index in [-0.39, 0.29) is 17.5 Å². The summed E-state index contributed by atoms with van der Waals surface area (Å²) in [5.74, 6) is 0.441. The number of nitrogens with one attached hydrogen (secondary N) is 1. The summed E-state index contributed by atoms with van der Waals surface area (Å²) in [6, 6.07) is 5.66. The van der Waals surface area contributed by atoms with Gasteiger partial charge in [-0.1, -0.05) is 43.1 Å². The van der Waals surface area contributed by atoms with Crippen LogP contribution in [-0.2, 0) is 16.3 Å². The minimum Gasteiger partial charge on any atom is -0.314 e. The van der Waals surface area contributed by atoms with Crippen LogP contribution in [0.5, 0.6) is 0 Å². The van der Waals surface area contributed by atoms with Gasteiger partial charge in [0.2, 0.25) is 0 Å². The first-order valence-corrected chi connectivity index (χ1v) is 9.84. The summed E-state index contributed by atoms with van der Waals surface area (Å²) in [6.07, 6.45) is 2.14. The number of benzene rings is 1. The SMILES string of the molecule is CCNC(CCCS(=O)(=O)CC)Cc1c(Cl)cccc1Cl. The lowest BCUT2D eigenvalue weighted by Gasteiger charge is -2.19. The minimum absolute atomic E-state index is 0.180. The van der Waals surface area contributed by atoms with E-state index in [9.17, 15) is 8.42 Å². The molecule has 1 aromatic rings. The Bertz CT molecular complexity index is 526. The average Bonchev–Trinajstić information content (AvgIpc) is 2.43. The van der Waals surface area contributed by atoms with Gasteiger partial charge in [-0.2, -0.15) is 0 Å². The fourth-order valence-electron chi connectivity index (χ4n) is 2.23. The molecular formula is C15H23Cl2NO2S. The Hall–Kier alpha value is -0.290. The van der Waals surface area contributed by atoms with E-state index in [0.29, 0.717) is 22.9 Å². The fourth-order valence-corrected chi connectivity index (χ4v) is 3.68. The van der Waals surface area contributed by atoms with Crippen molar-refractivity contribution in [2.24, 2.45) is 0 Å². The Kier molecular flexibility index (Phi) is 8.03. The molecule has 0 aromatic heterocycles. The maximum absolute atomic E-state index is 11.5. The zero-order valence-electron chi connectivity index (χ0n) is 12.5. The molecule has 0 aliphatic carbocycles. The maximum Gasteiger partial charge on any atom is 0.150 e. The molecule has 0 aliphatic rings. The van der Waals surface area contributed by atoms with Crippen molar-refractivity contribution in [2.75, 3.05) is 18.1 Å². The van der Waals surface area contributed by atoms with Gasteiger partial charge in [0.1, 0.15) is 9.84 Å². The number of halogens is 2. The quantitative estimate of drug-likeness (QED) is 0.737. The fraction of sp³-hybridized carbons (Fsp3) is 0.600. The maximum atomic E-state index is 11.5. The predicted molar refractivity (Wildman–Crippen MR) is 91.2 cm³/mol. The second-order valence-electron chi connectivity index (χ2n) is 5.04. The average molecular weight is 352 g/mol. The molecule has 1 atom stereocenters. The van der Waals surface area contributed by atoms with Crippen LogP contribution < -0.4 is 5.32 Å². The molecule has 0 spiro atoms. The number of hydrogen-bond donors (Lipinski definition) is 1. The zero-order valence-corrected chi connectivity index (χ0v) is 14.9. The Morgan fingerprint density at radius 3 is 2.33 bits per heavy atom. The molecule has 0 saturated carbocycles. The molecule has 0 heterocycles. The Morgan fingerprint density at radius 1 is 1.19 bits per heavy atom. The highest BCUT2D eigenvalue weighted by Gasteiger charge is 2.15. The van der Waals surface area contributed by atoms with Crippen LogP contribution >= 0.6 is 23.2 Å². The molecule has 0 fully saturated rings. The molecule has 0 saturated heterocycles. The number of likely N-dealkylation sites (N-methyl/N-ethyl adjacent to an activating group) is 1. The third-order valence-corrected chi connectivity index (χ3v) is 5.95. The van der Waals surface area contributed by atoms with E-state index in [4.69, 9.17) is 23.2 Å². The van der Waals surface area contributed by atoms with Crippen molar-refractivity contribution < 1.29 is 8.42 Å². The molecule has 120 valence electrons. The van der Waals surface area contributed by atoms with Gasteiger partial charge in [-0.05, 0) is 43.5 Å². The van der Waals surface area contributed by atoms with Gasteiger partial charge in [0, 0.05) is 21.8 Å². The molecule has 1 N–H and O–H groups in total. The topological polar surface area (TPSA) is 46.2 Å². The van der Waals surface area contributed by atoms with Crippen LogP contribution in [-0.4, -0.2) is 32.5 Å². The van der Waals surface area contributed by atoms with Crippen LogP contribution in [0.15, 0.2) is 18.2 Å². The van der Waals surface area contributed by atoms with E-state index in [1.165, 1.54) is 0 Å². The Morgan fingerprint density at radius 2 is 1.81 bits per heavy atom. The highest BCUT2D eigenvalue weighted by molar-refractivity contribution is 7.91. The molecule has 1 rings (SSSR count). The van der Waals surface area contributed by atoms with Crippen molar-refractivity contribution in [2.45, 2.75) is 39.2 Å². The van der Waals surface area contributed by atoms with Crippen molar-refractivity contribution >= 4 is 33.0 Å². The molecule has 0 amide bonds. The number of hydrogen-bond acceptors (Lipinski definition) is 3. The van der Waals surface area contributed by atoms with Crippen LogP contribution in [0.4, 0.5) is 0 Å². The summed E-state index contributed by atoms with van der Waals surface area (Å²) >= 11 is 12.4. The van der Waals surface area contributed by atoms with E-state index in [0.717, 1.165) is 18.5 Å². The van der Waals surface area contributed by atoms with Crippen LogP contribution in [0.1, 0.15) is 32.3 Å². The monoisotopic (exact) mass is 351 g/mol. The first-order valence-electron chi connectivity index (χ1n) is 7.26. The molecular weight excluding hydrogens is 329 g/mol. The smallest absolute Gasteiger partial charge is 0.150 e. The highest BCUT2D eigenvalue weighted by Crippen LogP contribution is 2.26. The van der Waals surface area contributed by atoms with Gasteiger partial charge in [-0.3, -0.25) is 0 Å². The molecule has 6 heteroatoms. The van der Waals surface area contributed by atoms with Crippen LogP contribution in [0, 0.1) is 0 Å². The van der Waals surface area contributed by atoms with Gasteiger partial charge < -0.3 is 5.32 Å². The lowest BCUT2D eigenvalue weighted by molar-refractivity contribution is 0.484. The zero-order chi connectivity index (χ0) is 15.9. The van der Waals surface area contributed by atoms with Crippen molar-refractivity contribution in [1.29, 1.82) is 0 Å². The largest absolute Gasteiger partial charge is 0.314 e. The van der Waals surface area contributed by atoms with Crippen LogP contribution in [0.25, 0.3) is 0 Å². The second-order valence-corrected chi connectivity index (χ2v) is 8.32. The normalized spacial score (nSPS) is 13.3. The van der Waals surface area contributed by atoms with Crippen molar-refractivity contribution in [3.8, 4) is 0 Å². The van der Waals surface area contributed by atoms with E-state index in [1.54, 1.807) is 6.92 Å². The van der Waals surface area contributed by atoms with E-state index < -0.39 is 9.84 Å². The van der Waals surface area contributed by atoms with Crippen molar-refractivity contribution in [1.82, 2.24) is 5.32 Å². The van der Waals surface area contributed by atoms with Gasteiger partial charge in [0.15, 0.2) is 0 Å². The first kappa shape index (κ1) is 18.8. The van der Waals surface area contributed by atoms with Crippen molar-refractivity contribution in [3.05, 3.63) is 33.8 Å². The summed E-state index contributed by atoms with van der Waals surface area (Å²) in [4.78, 5) is 0. The summed E-state index contributed by atoms with van der Waals surface area (Å²) in [5.41, 5.74) is 0.921. The highest BCUT2D eigenvalue weighted by atomic mass is 35.5. The molecule has 0 radical (unpaired) electrons. The van der Waals surface area contributed by atoms with Crippen LogP contribution in [0.2, 0.25) is 10.0 Å². The summed E-state index contributed by atoms with van der Waals surface area (Å²) in [6.45, 7) is 4.54. The standard InChI is InChI=1S/C15H23Cl2NO2S/c1-3-18-12(7-6-10-21(19,20)4-2)11-13-14(16)8-5-9-15(13)17/h5,8-9,12,18H,3-4,6-7,10-11H2,1-2H3. The van der Waals surface area contributed by atoms with E-state index >= 15 is 0 Å². The van der Waals surface area contributed by atoms with Gasteiger partial charge in [-0.15, -0.1) is 0 Å². The van der Waals surface area contributed by atoms with Gasteiger partial charge in [-0.25, -0.2) is 8.42 Å².